The Hall–Kier alpha value is -1.13. The molecule has 1 aromatic carbocycles. The van der Waals surface area contributed by atoms with Crippen LogP contribution in [0, 0.1) is 11.7 Å². The first-order chi connectivity index (χ1) is 9.45. The smallest absolute Gasteiger partial charge is 0.146 e. The molecule has 0 aliphatic heterocycles. The Balaban J connectivity index is 1.94. The van der Waals surface area contributed by atoms with Crippen molar-refractivity contribution in [3.8, 4) is 0 Å². The maximum atomic E-state index is 14.2. The molecule has 0 unspecified atom stereocenters. The molecular weight excluding hydrogens is 255 g/mol. The van der Waals surface area contributed by atoms with Gasteiger partial charge in [0.1, 0.15) is 5.82 Å². The molecule has 1 aliphatic rings. The molecule has 112 valence electrons. The van der Waals surface area contributed by atoms with E-state index in [0.29, 0.717) is 24.2 Å². The summed E-state index contributed by atoms with van der Waals surface area (Å²) in [6.45, 7) is 5.64. The molecule has 0 heterocycles. The molecule has 0 atom stereocenters. The number of benzene rings is 1. The van der Waals surface area contributed by atoms with Crippen LogP contribution in [-0.4, -0.2) is 30.8 Å². The van der Waals surface area contributed by atoms with E-state index in [1.807, 2.05) is 24.1 Å². The van der Waals surface area contributed by atoms with Crippen molar-refractivity contribution in [1.29, 1.82) is 0 Å². The third-order valence-corrected chi connectivity index (χ3v) is 3.88. The average molecular weight is 280 g/mol. The van der Waals surface area contributed by atoms with E-state index < -0.39 is 0 Å². The van der Waals surface area contributed by atoms with Crippen molar-refractivity contribution in [2.45, 2.75) is 45.4 Å². The van der Waals surface area contributed by atoms with Gasteiger partial charge in [0.25, 0.3) is 0 Å². The SMILES string of the molecule is CC(C)NCc1ccc(N(C)CC2CC(O)C2)c(F)c1. The van der Waals surface area contributed by atoms with Gasteiger partial charge in [0, 0.05) is 26.2 Å². The van der Waals surface area contributed by atoms with Gasteiger partial charge >= 0.3 is 0 Å². The first-order valence-electron chi connectivity index (χ1n) is 7.36. The summed E-state index contributed by atoms with van der Waals surface area (Å²) in [5, 5.41) is 12.6. The van der Waals surface area contributed by atoms with Crippen LogP contribution in [0.5, 0.6) is 0 Å². The fourth-order valence-corrected chi connectivity index (χ4v) is 2.63. The molecule has 0 bridgehead atoms. The third kappa shape index (κ3) is 3.93. The van der Waals surface area contributed by atoms with Crippen molar-refractivity contribution in [3.63, 3.8) is 0 Å². The van der Waals surface area contributed by atoms with Gasteiger partial charge in [-0.1, -0.05) is 19.9 Å². The minimum absolute atomic E-state index is 0.150. The van der Waals surface area contributed by atoms with Crippen LogP contribution in [-0.2, 0) is 6.54 Å². The maximum Gasteiger partial charge on any atom is 0.146 e. The summed E-state index contributed by atoms with van der Waals surface area (Å²) >= 11 is 0. The summed E-state index contributed by atoms with van der Waals surface area (Å²) in [5.74, 6) is 0.312. The van der Waals surface area contributed by atoms with Crippen LogP contribution >= 0.6 is 0 Å². The van der Waals surface area contributed by atoms with Crippen LogP contribution in [0.25, 0.3) is 0 Å². The van der Waals surface area contributed by atoms with E-state index in [-0.39, 0.29) is 11.9 Å². The second kappa shape index (κ2) is 6.55. The zero-order valence-electron chi connectivity index (χ0n) is 12.6. The van der Waals surface area contributed by atoms with Crippen LogP contribution in [0.3, 0.4) is 0 Å². The van der Waals surface area contributed by atoms with E-state index in [1.54, 1.807) is 6.07 Å². The normalized spacial score (nSPS) is 21.9. The van der Waals surface area contributed by atoms with Crippen molar-refractivity contribution < 1.29 is 9.50 Å². The van der Waals surface area contributed by atoms with Gasteiger partial charge in [0.05, 0.1) is 11.8 Å². The first kappa shape index (κ1) is 15.3. The van der Waals surface area contributed by atoms with Crippen molar-refractivity contribution in [2.75, 3.05) is 18.5 Å². The first-order valence-corrected chi connectivity index (χ1v) is 7.36. The lowest BCUT2D eigenvalue weighted by Crippen LogP contribution is -2.37. The van der Waals surface area contributed by atoms with Gasteiger partial charge in [-0.25, -0.2) is 4.39 Å². The van der Waals surface area contributed by atoms with Gasteiger partial charge in [0.2, 0.25) is 0 Å². The minimum Gasteiger partial charge on any atom is -0.393 e. The number of halogens is 1. The highest BCUT2D eigenvalue weighted by Crippen LogP contribution is 2.30. The average Bonchev–Trinajstić information content (AvgIpc) is 2.34. The van der Waals surface area contributed by atoms with Crippen molar-refractivity contribution in [2.24, 2.45) is 5.92 Å². The predicted octanol–water partition coefficient (Wildman–Crippen LogP) is 2.53. The number of rotatable bonds is 6. The highest BCUT2D eigenvalue weighted by molar-refractivity contribution is 5.48. The fraction of sp³-hybridized carbons (Fsp3) is 0.625. The van der Waals surface area contributed by atoms with E-state index in [2.05, 4.69) is 19.2 Å². The topological polar surface area (TPSA) is 35.5 Å². The standard InChI is InChI=1S/C16H25FN2O/c1-11(2)18-9-12-4-5-16(15(17)8-12)19(3)10-13-6-14(20)7-13/h4-5,8,11,13-14,18,20H,6-7,9-10H2,1-3H3. The summed E-state index contributed by atoms with van der Waals surface area (Å²) < 4.78 is 14.2. The molecule has 0 amide bonds. The van der Waals surface area contributed by atoms with E-state index in [1.165, 1.54) is 0 Å². The van der Waals surface area contributed by atoms with Gasteiger partial charge < -0.3 is 15.3 Å². The Morgan fingerprint density at radius 1 is 1.40 bits per heavy atom. The lowest BCUT2D eigenvalue weighted by Gasteiger charge is -2.35. The quantitative estimate of drug-likeness (QED) is 0.840. The van der Waals surface area contributed by atoms with Crippen molar-refractivity contribution in [3.05, 3.63) is 29.6 Å². The molecule has 1 aromatic rings. The highest BCUT2D eigenvalue weighted by atomic mass is 19.1. The fourth-order valence-electron chi connectivity index (χ4n) is 2.63. The number of nitrogens with zero attached hydrogens (tertiary/aromatic N) is 1. The van der Waals surface area contributed by atoms with E-state index in [0.717, 1.165) is 24.9 Å². The Morgan fingerprint density at radius 2 is 2.10 bits per heavy atom. The van der Waals surface area contributed by atoms with Crippen LogP contribution in [0.2, 0.25) is 0 Å². The monoisotopic (exact) mass is 280 g/mol. The van der Waals surface area contributed by atoms with Crippen LogP contribution in [0.15, 0.2) is 18.2 Å². The molecule has 2 rings (SSSR count). The molecule has 0 spiro atoms. The van der Waals surface area contributed by atoms with Crippen molar-refractivity contribution in [1.82, 2.24) is 5.32 Å². The van der Waals surface area contributed by atoms with Crippen LogP contribution < -0.4 is 10.2 Å². The summed E-state index contributed by atoms with van der Waals surface area (Å²) in [4.78, 5) is 1.95. The number of anilines is 1. The Labute approximate surface area is 120 Å². The zero-order valence-corrected chi connectivity index (χ0v) is 12.6. The van der Waals surface area contributed by atoms with Gasteiger partial charge in [-0.05, 0) is 36.5 Å². The summed E-state index contributed by atoms with van der Waals surface area (Å²) in [6.07, 6.45) is 1.52. The Kier molecular flexibility index (Phi) is 5.00. The molecule has 0 saturated heterocycles. The molecule has 3 nitrogen and oxygen atoms in total. The summed E-state index contributed by atoms with van der Waals surface area (Å²) in [5.41, 5.74) is 1.60. The number of nitrogens with one attached hydrogen (secondary N) is 1. The molecule has 2 N–H and O–H groups in total. The summed E-state index contributed by atoms with van der Waals surface area (Å²) in [7, 11) is 1.91. The molecule has 4 heteroatoms. The molecule has 20 heavy (non-hydrogen) atoms. The van der Waals surface area contributed by atoms with Crippen molar-refractivity contribution >= 4 is 5.69 Å². The highest BCUT2D eigenvalue weighted by Gasteiger charge is 2.28. The molecule has 0 aromatic heterocycles. The number of hydrogen-bond donors (Lipinski definition) is 2. The third-order valence-electron chi connectivity index (χ3n) is 3.88. The second-order valence-corrected chi connectivity index (χ2v) is 6.19. The number of aliphatic hydroxyl groups excluding tert-OH is 1. The maximum absolute atomic E-state index is 14.2. The van der Waals surface area contributed by atoms with Crippen LogP contribution in [0.4, 0.5) is 10.1 Å². The summed E-state index contributed by atoms with van der Waals surface area (Å²) in [6, 6.07) is 5.82. The van der Waals surface area contributed by atoms with Gasteiger partial charge in [-0.15, -0.1) is 0 Å². The Morgan fingerprint density at radius 3 is 2.65 bits per heavy atom. The minimum atomic E-state index is -0.171. The Bertz CT molecular complexity index is 444. The van der Waals surface area contributed by atoms with E-state index in [4.69, 9.17) is 0 Å². The molecule has 1 fully saturated rings. The largest absolute Gasteiger partial charge is 0.393 e. The van der Waals surface area contributed by atoms with E-state index in [9.17, 15) is 9.50 Å². The van der Waals surface area contributed by atoms with E-state index >= 15 is 0 Å². The number of aliphatic hydroxyl groups is 1. The van der Waals surface area contributed by atoms with Crippen LogP contribution in [0.1, 0.15) is 32.3 Å². The van der Waals surface area contributed by atoms with Gasteiger partial charge in [-0.2, -0.15) is 0 Å². The molecular formula is C16H25FN2O. The van der Waals surface area contributed by atoms with Gasteiger partial charge in [0.15, 0.2) is 0 Å². The second-order valence-electron chi connectivity index (χ2n) is 6.19. The molecule has 1 saturated carbocycles. The van der Waals surface area contributed by atoms with Gasteiger partial charge in [-0.3, -0.25) is 0 Å². The zero-order chi connectivity index (χ0) is 14.7. The molecule has 1 aliphatic carbocycles. The lowest BCUT2D eigenvalue weighted by atomic mass is 9.82. The number of hydrogen-bond acceptors (Lipinski definition) is 3. The lowest BCUT2D eigenvalue weighted by molar-refractivity contribution is 0.0464. The predicted molar refractivity (Wildman–Crippen MR) is 80.4 cm³/mol. The molecule has 0 radical (unpaired) electrons.